The minimum atomic E-state index is -1.24. The molecule has 1 aliphatic heterocycles. The maximum absolute atomic E-state index is 9.28. The van der Waals surface area contributed by atoms with Gasteiger partial charge in [0.05, 0.1) is 12.7 Å². The van der Waals surface area contributed by atoms with Crippen LogP contribution < -0.4 is 0 Å². The van der Waals surface area contributed by atoms with Crippen molar-refractivity contribution in [2.75, 3.05) is 6.61 Å². The number of hydrogen-bond donors (Lipinski definition) is 4. The van der Waals surface area contributed by atoms with Gasteiger partial charge in [-0.3, -0.25) is 0 Å². The first kappa shape index (κ1) is 9.88. The van der Waals surface area contributed by atoms with Gasteiger partial charge >= 0.3 is 0 Å². The third-order valence-electron chi connectivity index (χ3n) is 2.02. The number of aliphatic hydroxyl groups excluding tert-OH is 4. The Balaban J connectivity index is 2.58. The molecule has 72 valence electrons. The maximum atomic E-state index is 9.28. The lowest BCUT2D eigenvalue weighted by Gasteiger charge is -2.36. The standard InChI is InChI=1S/C7H14O5/c1-3(8)7-6(11)5(10)4(9)2-12-7/h3-11H,2H2,1H3/t3-,4-,5-,6+,7-/m1/s1. The second kappa shape index (κ2) is 3.68. The molecular formula is C7H14O5. The zero-order valence-corrected chi connectivity index (χ0v) is 6.79. The van der Waals surface area contributed by atoms with Crippen LogP contribution in [0.4, 0.5) is 0 Å². The van der Waals surface area contributed by atoms with E-state index in [9.17, 15) is 10.2 Å². The van der Waals surface area contributed by atoms with Gasteiger partial charge in [0.1, 0.15) is 24.4 Å². The van der Waals surface area contributed by atoms with Crippen molar-refractivity contribution in [1.29, 1.82) is 0 Å². The first-order valence-electron chi connectivity index (χ1n) is 3.88. The summed E-state index contributed by atoms with van der Waals surface area (Å²) in [4.78, 5) is 0. The molecule has 0 aliphatic carbocycles. The van der Waals surface area contributed by atoms with Gasteiger partial charge in [-0.25, -0.2) is 0 Å². The molecule has 12 heavy (non-hydrogen) atoms. The molecule has 0 spiro atoms. The summed E-state index contributed by atoms with van der Waals surface area (Å²) in [6.07, 6.45) is -5.22. The fraction of sp³-hybridized carbons (Fsp3) is 1.00. The van der Waals surface area contributed by atoms with E-state index in [4.69, 9.17) is 14.9 Å². The van der Waals surface area contributed by atoms with Gasteiger partial charge in [-0.2, -0.15) is 0 Å². The van der Waals surface area contributed by atoms with E-state index in [0.717, 1.165) is 0 Å². The van der Waals surface area contributed by atoms with Crippen LogP contribution in [0.5, 0.6) is 0 Å². The molecule has 5 atom stereocenters. The summed E-state index contributed by atoms with van der Waals surface area (Å²) in [5.41, 5.74) is 0. The average Bonchev–Trinajstić information content (AvgIpc) is 2.00. The van der Waals surface area contributed by atoms with Gasteiger partial charge in [-0.15, -0.1) is 0 Å². The minimum Gasteiger partial charge on any atom is -0.391 e. The quantitative estimate of drug-likeness (QED) is 0.367. The summed E-state index contributed by atoms with van der Waals surface area (Å²) >= 11 is 0. The van der Waals surface area contributed by atoms with Crippen LogP contribution in [0.25, 0.3) is 0 Å². The molecule has 5 nitrogen and oxygen atoms in total. The fourth-order valence-corrected chi connectivity index (χ4v) is 1.25. The molecule has 0 bridgehead atoms. The molecular weight excluding hydrogens is 164 g/mol. The Labute approximate surface area is 70.2 Å². The van der Waals surface area contributed by atoms with Crippen molar-refractivity contribution < 1.29 is 25.2 Å². The first-order valence-corrected chi connectivity index (χ1v) is 3.88. The number of rotatable bonds is 1. The van der Waals surface area contributed by atoms with E-state index < -0.39 is 30.5 Å². The Bertz CT molecular complexity index is 149. The van der Waals surface area contributed by atoms with E-state index in [-0.39, 0.29) is 6.61 Å². The normalized spacial score (nSPS) is 45.8. The molecule has 0 saturated carbocycles. The molecule has 0 radical (unpaired) electrons. The van der Waals surface area contributed by atoms with E-state index >= 15 is 0 Å². The molecule has 0 aromatic heterocycles. The highest BCUT2D eigenvalue weighted by Gasteiger charge is 2.39. The molecule has 0 unspecified atom stereocenters. The zero-order chi connectivity index (χ0) is 9.30. The highest BCUT2D eigenvalue weighted by Crippen LogP contribution is 2.17. The lowest BCUT2D eigenvalue weighted by atomic mass is 9.97. The van der Waals surface area contributed by atoms with E-state index in [1.807, 2.05) is 0 Å². The third-order valence-corrected chi connectivity index (χ3v) is 2.02. The van der Waals surface area contributed by atoms with Crippen molar-refractivity contribution in [2.24, 2.45) is 0 Å². The van der Waals surface area contributed by atoms with Gasteiger partial charge in [-0.05, 0) is 6.92 Å². The molecule has 1 aliphatic rings. The van der Waals surface area contributed by atoms with Crippen molar-refractivity contribution in [1.82, 2.24) is 0 Å². The molecule has 5 heteroatoms. The Morgan fingerprint density at radius 1 is 1.25 bits per heavy atom. The number of aliphatic hydroxyl groups is 4. The zero-order valence-electron chi connectivity index (χ0n) is 6.79. The lowest BCUT2D eigenvalue weighted by Crippen LogP contribution is -2.56. The van der Waals surface area contributed by atoms with Crippen LogP contribution in [0.3, 0.4) is 0 Å². The summed E-state index contributed by atoms with van der Waals surface area (Å²) in [6, 6.07) is 0. The van der Waals surface area contributed by atoms with Crippen LogP contribution in [-0.2, 0) is 4.74 Å². The summed E-state index contributed by atoms with van der Waals surface area (Å²) in [7, 11) is 0. The smallest absolute Gasteiger partial charge is 0.112 e. The molecule has 1 saturated heterocycles. The summed E-state index contributed by atoms with van der Waals surface area (Å²) < 4.78 is 4.92. The van der Waals surface area contributed by atoms with Crippen LogP contribution >= 0.6 is 0 Å². The van der Waals surface area contributed by atoms with E-state index in [2.05, 4.69) is 0 Å². The predicted octanol–water partition coefficient (Wildman–Crippen LogP) is -2.15. The number of ether oxygens (including phenoxy) is 1. The third kappa shape index (κ3) is 1.75. The van der Waals surface area contributed by atoms with Gasteiger partial charge in [0, 0.05) is 0 Å². The Morgan fingerprint density at radius 2 is 1.83 bits per heavy atom. The van der Waals surface area contributed by atoms with Gasteiger partial charge < -0.3 is 25.2 Å². The van der Waals surface area contributed by atoms with E-state index in [0.29, 0.717) is 0 Å². The Kier molecular flexibility index (Phi) is 3.03. The number of hydrogen-bond acceptors (Lipinski definition) is 5. The molecule has 1 fully saturated rings. The molecule has 1 rings (SSSR count). The van der Waals surface area contributed by atoms with Crippen LogP contribution in [0.15, 0.2) is 0 Å². The Hall–Kier alpha value is -0.200. The molecule has 0 aromatic carbocycles. The molecule has 0 aromatic rings. The van der Waals surface area contributed by atoms with Gasteiger partial charge in [0.2, 0.25) is 0 Å². The average molecular weight is 178 g/mol. The molecule has 0 amide bonds. The van der Waals surface area contributed by atoms with Crippen LogP contribution in [-0.4, -0.2) is 57.6 Å². The van der Waals surface area contributed by atoms with Crippen molar-refractivity contribution >= 4 is 0 Å². The SMILES string of the molecule is C[C@@H](O)[C@H]1OC[C@@H](O)[C@@H](O)[C@@H]1O. The lowest BCUT2D eigenvalue weighted by molar-refractivity contribution is -0.208. The maximum Gasteiger partial charge on any atom is 0.112 e. The summed E-state index contributed by atoms with van der Waals surface area (Å²) in [5.74, 6) is 0. The second-order valence-electron chi connectivity index (χ2n) is 3.09. The highest BCUT2D eigenvalue weighted by atomic mass is 16.5. The molecule has 1 heterocycles. The predicted molar refractivity (Wildman–Crippen MR) is 39.4 cm³/mol. The second-order valence-corrected chi connectivity index (χ2v) is 3.09. The highest BCUT2D eigenvalue weighted by molar-refractivity contribution is 4.88. The minimum absolute atomic E-state index is 0.0617. The van der Waals surface area contributed by atoms with Crippen LogP contribution in [0.2, 0.25) is 0 Å². The molecule has 4 N–H and O–H groups in total. The topological polar surface area (TPSA) is 90.2 Å². The fourth-order valence-electron chi connectivity index (χ4n) is 1.25. The van der Waals surface area contributed by atoms with Gasteiger partial charge in [-0.1, -0.05) is 0 Å². The van der Waals surface area contributed by atoms with Crippen molar-refractivity contribution in [2.45, 2.75) is 37.4 Å². The van der Waals surface area contributed by atoms with Crippen molar-refractivity contribution in [3.05, 3.63) is 0 Å². The van der Waals surface area contributed by atoms with Crippen molar-refractivity contribution in [3.63, 3.8) is 0 Å². The van der Waals surface area contributed by atoms with Crippen molar-refractivity contribution in [3.8, 4) is 0 Å². The summed E-state index contributed by atoms with van der Waals surface area (Å²) in [6.45, 7) is 1.39. The first-order chi connectivity index (χ1) is 5.54. The van der Waals surface area contributed by atoms with E-state index in [1.165, 1.54) is 6.92 Å². The summed E-state index contributed by atoms with van der Waals surface area (Å²) in [5, 5.41) is 36.6. The Morgan fingerprint density at radius 3 is 2.33 bits per heavy atom. The monoisotopic (exact) mass is 178 g/mol. The van der Waals surface area contributed by atoms with Gasteiger partial charge in [0.25, 0.3) is 0 Å². The van der Waals surface area contributed by atoms with Crippen LogP contribution in [0, 0.1) is 0 Å². The van der Waals surface area contributed by atoms with Gasteiger partial charge in [0.15, 0.2) is 0 Å². The van der Waals surface area contributed by atoms with E-state index in [1.54, 1.807) is 0 Å². The van der Waals surface area contributed by atoms with Crippen LogP contribution in [0.1, 0.15) is 6.92 Å². The largest absolute Gasteiger partial charge is 0.391 e.